The molecular weight excluding hydrogens is 456 g/mol. The predicted molar refractivity (Wildman–Crippen MR) is 134 cm³/mol. The van der Waals surface area contributed by atoms with E-state index in [1.807, 2.05) is 6.07 Å². The van der Waals surface area contributed by atoms with Crippen molar-refractivity contribution in [3.05, 3.63) is 65.2 Å². The summed E-state index contributed by atoms with van der Waals surface area (Å²) in [6, 6.07) is 15.7. The average Bonchev–Trinajstić information content (AvgIpc) is 3.10. The number of hydrogen-bond donors (Lipinski definition) is 1. The molecule has 0 bridgehead atoms. The minimum Gasteiger partial charge on any atom is -0.368 e. The molecule has 1 unspecified atom stereocenters. The number of anilines is 1. The zero-order chi connectivity index (χ0) is 25.0. The molecule has 4 aliphatic rings. The number of hydrogen-bond acceptors (Lipinski definition) is 6. The number of carbonyl (C=O) groups is 4. The summed E-state index contributed by atoms with van der Waals surface area (Å²) >= 11 is 0. The molecular formula is C28H30N4O4. The Morgan fingerprint density at radius 3 is 2.28 bits per heavy atom. The first-order valence-corrected chi connectivity index (χ1v) is 12.7. The highest BCUT2D eigenvalue weighted by Crippen LogP contribution is 2.37. The van der Waals surface area contributed by atoms with Gasteiger partial charge in [-0.2, -0.15) is 0 Å². The van der Waals surface area contributed by atoms with E-state index in [0.717, 1.165) is 49.6 Å². The van der Waals surface area contributed by atoms with Crippen LogP contribution in [0.25, 0.3) is 0 Å². The molecule has 0 saturated carbocycles. The Balaban J connectivity index is 1.09. The first kappa shape index (κ1) is 22.9. The number of fused-ring (bicyclic) bond motifs is 1. The molecule has 1 atom stereocenters. The molecule has 8 nitrogen and oxygen atoms in total. The highest BCUT2D eigenvalue weighted by molar-refractivity contribution is 6.23. The smallest absolute Gasteiger partial charge is 0.262 e. The van der Waals surface area contributed by atoms with Gasteiger partial charge in [0.2, 0.25) is 11.8 Å². The molecule has 1 N–H and O–H groups in total. The van der Waals surface area contributed by atoms with Crippen molar-refractivity contribution >= 4 is 29.3 Å². The predicted octanol–water partition coefficient (Wildman–Crippen LogP) is 2.33. The summed E-state index contributed by atoms with van der Waals surface area (Å²) in [6.45, 7) is 6.29. The van der Waals surface area contributed by atoms with Crippen LogP contribution >= 0.6 is 0 Å². The van der Waals surface area contributed by atoms with Crippen LogP contribution in [0, 0.1) is 0 Å². The fraction of sp³-hybridized carbons (Fsp3) is 0.429. The zero-order valence-electron chi connectivity index (χ0n) is 20.4. The van der Waals surface area contributed by atoms with Crippen LogP contribution in [0.15, 0.2) is 48.5 Å². The second-order valence-electron chi connectivity index (χ2n) is 10.7. The maximum absolute atomic E-state index is 13.1. The number of piperidine rings is 2. The van der Waals surface area contributed by atoms with Gasteiger partial charge in [-0.15, -0.1) is 0 Å². The normalized spacial score (nSPS) is 24.5. The molecule has 2 aromatic rings. The van der Waals surface area contributed by atoms with E-state index in [1.165, 1.54) is 5.56 Å². The third-order valence-corrected chi connectivity index (χ3v) is 8.54. The fourth-order valence-electron chi connectivity index (χ4n) is 6.06. The van der Waals surface area contributed by atoms with Crippen LogP contribution in [-0.4, -0.2) is 71.7 Å². The molecule has 36 heavy (non-hydrogen) atoms. The number of likely N-dealkylation sites (tertiary alicyclic amines) is 1. The largest absolute Gasteiger partial charge is 0.368 e. The van der Waals surface area contributed by atoms with Crippen molar-refractivity contribution in [1.82, 2.24) is 15.1 Å². The summed E-state index contributed by atoms with van der Waals surface area (Å²) in [5.74, 6) is -1.88. The number of rotatable bonds is 4. The molecule has 186 valence electrons. The second kappa shape index (κ2) is 8.55. The Kier molecular flexibility index (Phi) is 5.44. The van der Waals surface area contributed by atoms with Crippen molar-refractivity contribution in [2.45, 2.75) is 50.1 Å². The molecule has 3 fully saturated rings. The van der Waals surface area contributed by atoms with Gasteiger partial charge >= 0.3 is 0 Å². The fourth-order valence-corrected chi connectivity index (χ4v) is 6.06. The van der Waals surface area contributed by atoms with E-state index in [-0.39, 0.29) is 24.2 Å². The average molecular weight is 487 g/mol. The minimum atomic E-state index is -0.937. The number of benzene rings is 2. The molecule has 2 aromatic carbocycles. The van der Waals surface area contributed by atoms with Crippen molar-refractivity contribution in [3.63, 3.8) is 0 Å². The summed E-state index contributed by atoms with van der Waals surface area (Å²) in [5.41, 5.74) is 3.22. The molecule has 4 amide bonds. The molecule has 0 spiro atoms. The lowest BCUT2D eigenvalue weighted by atomic mass is 9.74. The number of carbonyl (C=O) groups excluding carboxylic acids is 4. The summed E-state index contributed by atoms with van der Waals surface area (Å²) in [6.07, 6.45) is 2.56. The molecule has 0 aromatic heterocycles. The SMILES string of the molecule is CC1(c2ccccc2)CCN(C2CN(c3ccc4c(c3)C(=O)N(C3CCC(=O)NC3=O)C4=O)C2)CC1. The van der Waals surface area contributed by atoms with Crippen LogP contribution < -0.4 is 10.2 Å². The van der Waals surface area contributed by atoms with Gasteiger partial charge in [-0.05, 0) is 61.5 Å². The van der Waals surface area contributed by atoms with E-state index < -0.39 is 23.8 Å². The maximum Gasteiger partial charge on any atom is 0.262 e. The summed E-state index contributed by atoms with van der Waals surface area (Å²) in [7, 11) is 0. The van der Waals surface area contributed by atoms with Crippen LogP contribution in [0.1, 0.15) is 58.9 Å². The number of amides is 4. The van der Waals surface area contributed by atoms with Gasteiger partial charge in [-0.25, -0.2) is 0 Å². The van der Waals surface area contributed by atoms with E-state index in [2.05, 4.69) is 52.4 Å². The highest BCUT2D eigenvalue weighted by Gasteiger charge is 2.45. The van der Waals surface area contributed by atoms with Crippen molar-refractivity contribution in [2.75, 3.05) is 31.1 Å². The molecule has 0 aliphatic carbocycles. The standard InChI is InChI=1S/C28H30N4O4/c1-28(18-5-3-2-4-6-18)11-13-30(14-12-28)20-16-31(17-20)19-7-8-21-22(15-19)27(36)32(26(21)35)23-9-10-24(33)29-25(23)34/h2-8,15,20,23H,9-14,16-17H2,1H3,(H,29,33,34). The van der Waals surface area contributed by atoms with Crippen molar-refractivity contribution in [3.8, 4) is 0 Å². The van der Waals surface area contributed by atoms with Crippen LogP contribution in [0.2, 0.25) is 0 Å². The minimum absolute atomic E-state index is 0.116. The lowest BCUT2D eigenvalue weighted by Crippen LogP contribution is -2.61. The second-order valence-corrected chi connectivity index (χ2v) is 10.7. The van der Waals surface area contributed by atoms with E-state index in [9.17, 15) is 19.2 Å². The first-order chi connectivity index (χ1) is 17.3. The van der Waals surface area contributed by atoms with Gasteiger partial charge in [0.05, 0.1) is 11.1 Å². The molecule has 4 heterocycles. The summed E-state index contributed by atoms with van der Waals surface area (Å²) in [5, 5.41) is 2.24. The van der Waals surface area contributed by atoms with Crippen molar-refractivity contribution in [2.24, 2.45) is 0 Å². The molecule has 3 saturated heterocycles. The van der Waals surface area contributed by atoms with Gasteiger partial charge in [0.15, 0.2) is 0 Å². The number of imide groups is 2. The third kappa shape index (κ3) is 3.71. The number of nitrogens with one attached hydrogen (secondary N) is 1. The topological polar surface area (TPSA) is 90.0 Å². The quantitative estimate of drug-likeness (QED) is 0.668. The van der Waals surface area contributed by atoms with E-state index in [0.29, 0.717) is 17.2 Å². The van der Waals surface area contributed by atoms with Crippen LogP contribution in [0.4, 0.5) is 5.69 Å². The van der Waals surface area contributed by atoms with Crippen LogP contribution in [-0.2, 0) is 15.0 Å². The zero-order valence-corrected chi connectivity index (χ0v) is 20.4. The lowest BCUT2D eigenvalue weighted by molar-refractivity contribution is -0.136. The van der Waals surface area contributed by atoms with Crippen LogP contribution in [0.5, 0.6) is 0 Å². The monoisotopic (exact) mass is 486 g/mol. The van der Waals surface area contributed by atoms with Gasteiger partial charge < -0.3 is 4.90 Å². The Morgan fingerprint density at radius 2 is 1.58 bits per heavy atom. The summed E-state index contributed by atoms with van der Waals surface area (Å²) < 4.78 is 0. The summed E-state index contributed by atoms with van der Waals surface area (Å²) in [4.78, 5) is 55.6. The Hall–Kier alpha value is -3.52. The Morgan fingerprint density at radius 1 is 0.889 bits per heavy atom. The lowest BCUT2D eigenvalue weighted by Gasteiger charge is -2.50. The van der Waals surface area contributed by atoms with Crippen molar-refractivity contribution in [1.29, 1.82) is 0 Å². The molecule has 6 rings (SSSR count). The van der Waals surface area contributed by atoms with Gasteiger partial charge in [0.1, 0.15) is 6.04 Å². The van der Waals surface area contributed by atoms with Gasteiger partial charge in [-0.3, -0.25) is 34.3 Å². The van der Waals surface area contributed by atoms with Crippen molar-refractivity contribution < 1.29 is 19.2 Å². The van der Waals surface area contributed by atoms with Gasteiger partial charge in [0, 0.05) is 31.2 Å². The molecule has 4 aliphatic heterocycles. The Bertz CT molecular complexity index is 1250. The van der Waals surface area contributed by atoms with Gasteiger partial charge in [0.25, 0.3) is 11.8 Å². The van der Waals surface area contributed by atoms with E-state index in [4.69, 9.17) is 0 Å². The Labute approximate surface area is 210 Å². The van der Waals surface area contributed by atoms with Gasteiger partial charge in [-0.1, -0.05) is 37.3 Å². The molecule has 0 radical (unpaired) electrons. The maximum atomic E-state index is 13.1. The number of nitrogens with zero attached hydrogens (tertiary/aromatic N) is 3. The van der Waals surface area contributed by atoms with Crippen LogP contribution in [0.3, 0.4) is 0 Å². The first-order valence-electron chi connectivity index (χ1n) is 12.7. The van der Waals surface area contributed by atoms with E-state index >= 15 is 0 Å². The highest BCUT2D eigenvalue weighted by atomic mass is 16.2. The van der Waals surface area contributed by atoms with E-state index in [1.54, 1.807) is 12.1 Å². The molecule has 8 heteroatoms. The third-order valence-electron chi connectivity index (χ3n) is 8.54.